The molecule has 1 aliphatic carbocycles. The van der Waals surface area contributed by atoms with Crippen molar-refractivity contribution in [3.8, 4) is 0 Å². The van der Waals surface area contributed by atoms with E-state index in [1.807, 2.05) is 6.07 Å². The van der Waals surface area contributed by atoms with Gasteiger partial charge in [-0.3, -0.25) is 19.3 Å². The van der Waals surface area contributed by atoms with E-state index < -0.39 is 5.97 Å². The van der Waals surface area contributed by atoms with Crippen molar-refractivity contribution < 1.29 is 19.5 Å². The van der Waals surface area contributed by atoms with Gasteiger partial charge < -0.3 is 5.11 Å². The smallest absolute Gasteiger partial charge is 0.303 e. The van der Waals surface area contributed by atoms with E-state index in [1.54, 1.807) is 18.2 Å². The summed E-state index contributed by atoms with van der Waals surface area (Å²) in [6.45, 7) is 0. The van der Waals surface area contributed by atoms with Crippen LogP contribution < -0.4 is 4.90 Å². The summed E-state index contributed by atoms with van der Waals surface area (Å²) in [6.07, 6.45) is 2.71. The molecule has 0 aromatic heterocycles. The van der Waals surface area contributed by atoms with Crippen molar-refractivity contribution in [2.75, 3.05) is 4.90 Å². The van der Waals surface area contributed by atoms with Crippen molar-refractivity contribution in [2.45, 2.75) is 32.1 Å². The summed E-state index contributed by atoms with van der Waals surface area (Å²) in [7, 11) is 0. The lowest BCUT2D eigenvalue weighted by Gasteiger charge is -2.29. The second-order valence-electron chi connectivity index (χ2n) is 5.78. The van der Waals surface area contributed by atoms with Crippen molar-refractivity contribution in [3.63, 3.8) is 0 Å². The Morgan fingerprint density at radius 1 is 1.19 bits per heavy atom. The number of hydrogen-bond donors (Lipinski definition) is 1. The Balaban J connectivity index is 1.85. The Morgan fingerprint density at radius 3 is 2.48 bits per heavy atom. The van der Waals surface area contributed by atoms with Gasteiger partial charge in [0, 0.05) is 18.3 Å². The van der Waals surface area contributed by atoms with E-state index in [0.717, 1.165) is 18.4 Å². The first-order valence-corrected chi connectivity index (χ1v) is 7.25. The van der Waals surface area contributed by atoms with Crippen molar-refractivity contribution >= 4 is 23.5 Å². The largest absolute Gasteiger partial charge is 0.481 e. The number of carbonyl (C=O) groups is 3. The van der Waals surface area contributed by atoms with E-state index in [0.29, 0.717) is 18.5 Å². The molecule has 1 aromatic carbocycles. The van der Waals surface area contributed by atoms with Gasteiger partial charge in [-0.1, -0.05) is 12.1 Å². The Kier molecular flexibility index (Phi) is 3.49. The predicted molar refractivity (Wildman–Crippen MR) is 75.7 cm³/mol. The third-order valence-corrected chi connectivity index (χ3v) is 4.37. The molecule has 1 aliphatic heterocycles. The van der Waals surface area contributed by atoms with Crippen LogP contribution in [0.1, 0.15) is 31.2 Å². The molecule has 2 atom stereocenters. The summed E-state index contributed by atoms with van der Waals surface area (Å²) in [5.41, 5.74) is 1.40. The second kappa shape index (κ2) is 5.31. The molecule has 21 heavy (non-hydrogen) atoms. The van der Waals surface area contributed by atoms with Crippen LogP contribution >= 0.6 is 0 Å². The molecule has 110 valence electrons. The highest BCUT2D eigenvalue weighted by molar-refractivity contribution is 6.18. The van der Waals surface area contributed by atoms with E-state index in [-0.39, 0.29) is 30.1 Å². The molecule has 0 spiro atoms. The van der Waals surface area contributed by atoms with Gasteiger partial charge in [-0.25, -0.2) is 0 Å². The highest BCUT2D eigenvalue weighted by Crippen LogP contribution is 2.40. The maximum Gasteiger partial charge on any atom is 0.303 e. The lowest BCUT2D eigenvalue weighted by molar-refractivity contribution is -0.137. The molecule has 1 N–H and O–H groups in total. The number of aryl methyl sites for hydroxylation is 1. The molecular weight excluding hydrogens is 270 g/mol. The number of hydrogen-bond acceptors (Lipinski definition) is 3. The molecule has 2 amide bonds. The highest BCUT2D eigenvalue weighted by Gasteiger charge is 2.45. The molecule has 1 saturated carbocycles. The van der Waals surface area contributed by atoms with E-state index in [4.69, 9.17) is 5.11 Å². The fraction of sp³-hybridized carbons (Fsp3) is 0.438. The van der Waals surface area contributed by atoms with E-state index in [2.05, 4.69) is 0 Å². The maximum atomic E-state index is 12.4. The number of nitrogens with zero attached hydrogens (tertiary/aromatic N) is 1. The number of amides is 2. The van der Waals surface area contributed by atoms with Gasteiger partial charge in [-0.15, -0.1) is 0 Å². The van der Waals surface area contributed by atoms with Crippen molar-refractivity contribution in [2.24, 2.45) is 11.8 Å². The molecule has 5 nitrogen and oxygen atoms in total. The molecule has 0 radical (unpaired) electrons. The SMILES string of the molecule is O=C(O)CCc1cccc(N2C(=O)C3CCC(C3)C2=O)c1. The van der Waals surface area contributed by atoms with Crippen LogP contribution in [-0.4, -0.2) is 22.9 Å². The summed E-state index contributed by atoms with van der Waals surface area (Å²) in [6, 6.07) is 7.08. The number of carboxylic acids is 1. The van der Waals surface area contributed by atoms with Crippen LogP contribution in [-0.2, 0) is 20.8 Å². The molecule has 2 aliphatic rings. The third-order valence-electron chi connectivity index (χ3n) is 4.37. The van der Waals surface area contributed by atoms with Crippen molar-refractivity contribution in [1.82, 2.24) is 0 Å². The summed E-state index contributed by atoms with van der Waals surface area (Å²) >= 11 is 0. The summed E-state index contributed by atoms with van der Waals surface area (Å²) in [4.78, 5) is 36.7. The lowest BCUT2D eigenvalue weighted by Crippen LogP contribution is -2.46. The van der Waals surface area contributed by atoms with Gasteiger partial charge in [0.2, 0.25) is 11.8 Å². The van der Waals surface area contributed by atoms with Gasteiger partial charge in [0.1, 0.15) is 0 Å². The van der Waals surface area contributed by atoms with E-state index in [9.17, 15) is 14.4 Å². The van der Waals surface area contributed by atoms with Crippen LogP contribution in [0.3, 0.4) is 0 Å². The lowest BCUT2D eigenvalue weighted by atomic mass is 9.96. The molecule has 2 fully saturated rings. The average Bonchev–Trinajstić information content (AvgIpc) is 2.91. The van der Waals surface area contributed by atoms with Crippen molar-refractivity contribution in [3.05, 3.63) is 29.8 Å². The number of fused-ring (bicyclic) bond motifs is 2. The molecule has 1 heterocycles. The standard InChI is InChI=1S/C16H17NO4/c18-14(19)7-4-10-2-1-3-13(8-10)17-15(20)11-5-6-12(9-11)16(17)21/h1-3,8,11-12H,4-7,9H2,(H,18,19). The fourth-order valence-electron chi connectivity index (χ4n) is 3.26. The Hall–Kier alpha value is -2.17. The monoisotopic (exact) mass is 287 g/mol. The van der Waals surface area contributed by atoms with E-state index in [1.165, 1.54) is 4.90 Å². The third kappa shape index (κ3) is 2.55. The Bertz CT molecular complexity index is 588. The van der Waals surface area contributed by atoms with Crippen molar-refractivity contribution in [1.29, 1.82) is 0 Å². The fourth-order valence-corrected chi connectivity index (χ4v) is 3.26. The number of carboxylic acid groups (broad SMARTS) is 1. The number of rotatable bonds is 4. The van der Waals surface area contributed by atoms with E-state index >= 15 is 0 Å². The first-order chi connectivity index (χ1) is 10.1. The topological polar surface area (TPSA) is 74.7 Å². The minimum atomic E-state index is -0.858. The van der Waals surface area contributed by atoms with Gasteiger partial charge in [0.05, 0.1) is 5.69 Å². The minimum absolute atomic E-state index is 0.0321. The summed E-state index contributed by atoms with van der Waals surface area (Å²) < 4.78 is 0. The molecule has 3 rings (SSSR count). The number of imide groups is 1. The van der Waals surface area contributed by atoms with Crippen LogP contribution in [0.25, 0.3) is 0 Å². The number of piperidine rings is 1. The molecule has 1 aromatic rings. The number of benzene rings is 1. The molecule has 2 bridgehead atoms. The Morgan fingerprint density at radius 2 is 1.86 bits per heavy atom. The number of carbonyl (C=O) groups excluding carboxylic acids is 2. The van der Waals surface area contributed by atoms with Gasteiger partial charge in [-0.2, -0.15) is 0 Å². The summed E-state index contributed by atoms with van der Waals surface area (Å²) in [5.74, 6) is -1.14. The number of aliphatic carboxylic acids is 1. The zero-order valence-electron chi connectivity index (χ0n) is 11.6. The number of anilines is 1. The zero-order valence-corrected chi connectivity index (χ0v) is 11.6. The average molecular weight is 287 g/mol. The second-order valence-corrected chi connectivity index (χ2v) is 5.78. The highest BCUT2D eigenvalue weighted by atomic mass is 16.4. The normalized spacial score (nSPS) is 24.5. The zero-order chi connectivity index (χ0) is 15.0. The molecule has 5 heteroatoms. The first-order valence-electron chi connectivity index (χ1n) is 7.25. The molecular formula is C16H17NO4. The van der Waals surface area contributed by atoms with Crippen LogP contribution in [0.15, 0.2) is 24.3 Å². The van der Waals surface area contributed by atoms with Gasteiger partial charge >= 0.3 is 5.97 Å². The first kappa shape index (κ1) is 13.8. The quantitative estimate of drug-likeness (QED) is 0.859. The van der Waals surface area contributed by atoms with Gasteiger partial charge in [-0.05, 0) is 43.4 Å². The van der Waals surface area contributed by atoms with Crippen LogP contribution in [0, 0.1) is 11.8 Å². The minimum Gasteiger partial charge on any atom is -0.481 e. The maximum absolute atomic E-state index is 12.4. The summed E-state index contributed by atoms with van der Waals surface area (Å²) in [5, 5.41) is 8.74. The Labute approximate surface area is 122 Å². The van der Waals surface area contributed by atoms with Crippen LogP contribution in [0.4, 0.5) is 5.69 Å². The van der Waals surface area contributed by atoms with Crippen LogP contribution in [0.2, 0.25) is 0 Å². The van der Waals surface area contributed by atoms with Gasteiger partial charge in [0.25, 0.3) is 0 Å². The van der Waals surface area contributed by atoms with Crippen LogP contribution in [0.5, 0.6) is 0 Å². The predicted octanol–water partition coefficient (Wildman–Crippen LogP) is 1.99. The molecule has 1 saturated heterocycles. The van der Waals surface area contributed by atoms with Gasteiger partial charge in [0.15, 0.2) is 0 Å². The molecule has 2 unspecified atom stereocenters.